The van der Waals surface area contributed by atoms with Crippen LogP contribution in [0, 0.1) is 6.92 Å². The average molecular weight is 355 g/mol. The molecule has 0 aliphatic heterocycles. The van der Waals surface area contributed by atoms with Gasteiger partial charge in [-0.15, -0.1) is 0 Å². The van der Waals surface area contributed by atoms with Crippen LogP contribution in [-0.4, -0.2) is 30.9 Å². The third kappa shape index (κ3) is 7.04. The summed E-state index contributed by atoms with van der Waals surface area (Å²) in [5.41, 5.74) is 6.31. The van der Waals surface area contributed by atoms with Crippen molar-refractivity contribution in [2.24, 2.45) is 0 Å². The van der Waals surface area contributed by atoms with Gasteiger partial charge >= 0.3 is 0 Å². The second-order valence-corrected chi connectivity index (χ2v) is 5.64. The molecule has 0 saturated heterocycles. The Morgan fingerprint density at radius 2 is 1.62 bits per heavy atom. The van der Waals surface area contributed by atoms with Crippen LogP contribution in [0.5, 0.6) is 5.75 Å². The van der Waals surface area contributed by atoms with Crippen molar-refractivity contribution in [2.45, 2.75) is 13.3 Å². The van der Waals surface area contributed by atoms with E-state index in [1.807, 2.05) is 49.4 Å². The van der Waals surface area contributed by atoms with Crippen LogP contribution in [0.25, 0.3) is 0 Å². The Bertz CT molecular complexity index is 762. The topological polar surface area (TPSA) is 96.5 Å². The van der Waals surface area contributed by atoms with E-state index in [1.54, 1.807) is 12.1 Å². The quantitative estimate of drug-likeness (QED) is 0.643. The maximum atomic E-state index is 11.7. The minimum atomic E-state index is -0.532. The summed E-state index contributed by atoms with van der Waals surface area (Å²) in [5, 5.41) is 2.49. The lowest BCUT2D eigenvalue weighted by atomic mass is 10.1. The number of amides is 3. The van der Waals surface area contributed by atoms with E-state index in [4.69, 9.17) is 4.74 Å². The van der Waals surface area contributed by atoms with E-state index in [-0.39, 0.29) is 25.5 Å². The zero-order valence-corrected chi connectivity index (χ0v) is 14.5. The first-order valence-corrected chi connectivity index (χ1v) is 8.10. The van der Waals surface area contributed by atoms with Gasteiger partial charge in [-0.1, -0.05) is 42.5 Å². The van der Waals surface area contributed by atoms with Crippen molar-refractivity contribution in [1.82, 2.24) is 16.2 Å². The Kier molecular flexibility index (Phi) is 7.17. The highest BCUT2D eigenvalue weighted by Gasteiger charge is 2.08. The zero-order chi connectivity index (χ0) is 18.8. The maximum Gasteiger partial charge on any atom is 0.276 e. The summed E-state index contributed by atoms with van der Waals surface area (Å²) < 4.78 is 5.31. The molecule has 7 heteroatoms. The molecular formula is C19H21N3O4. The smallest absolute Gasteiger partial charge is 0.276 e. The van der Waals surface area contributed by atoms with Gasteiger partial charge in [0, 0.05) is 0 Å². The first kappa shape index (κ1) is 19.0. The van der Waals surface area contributed by atoms with Crippen LogP contribution in [0.15, 0.2) is 54.6 Å². The largest absolute Gasteiger partial charge is 0.484 e. The second kappa shape index (κ2) is 9.83. The zero-order valence-electron chi connectivity index (χ0n) is 14.5. The molecular weight excluding hydrogens is 334 g/mol. The molecule has 2 rings (SSSR count). The van der Waals surface area contributed by atoms with Crippen molar-refractivity contribution in [1.29, 1.82) is 0 Å². The van der Waals surface area contributed by atoms with Gasteiger partial charge in [-0.25, -0.2) is 0 Å². The van der Waals surface area contributed by atoms with Gasteiger partial charge in [-0.05, 0) is 30.2 Å². The third-order valence-electron chi connectivity index (χ3n) is 3.35. The van der Waals surface area contributed by atoms with Crippen molar-refractivity contribution in [3.05, 3.63) is 65.7 Å². The first-order valence-electron chi connectivity index (χ1n) is 8.10. The molecule has 26 heavy (non-hydrogen) atoms. The number of benzene rings is 2. The Labute approximate surface area is 151 Å². The van der Waals surface area contributed by atoms with E-state index in [1.165, 1.54) is 0 Å². The van der Waals surface area contributed by atoms with E-state index < -0.39 is 11.8 Å². The van der Waals surface area contributed by atoms with Crippen LogP contribution in [0.2, 0.25) is 0 Å². The Morgan fingerprint density at radius 1 is 0.885 bits per heavy atom. The van der Waals surface area contributed by atoms with Crippen LogP contribution < -0.4 is 20.9 Å². The second-order valence-electron chi connectivity index (χ2n) is 5.64. The van der Waals surface area contributed by atoms with Gasteiger partial charge in [0.05, 0.1) is 13.0 Å². The van der Waals surface area contributed by atoms with Crippen molar-refractivity contribution < 1.29 is 19.1 Å². The summed E-state index contributed by atoms with van der Waals surface area (Å²) in [6.45, 7) is 1.45. The summed E-state index contributed by atoms with van der Waals surface area (Å²) in [4.78, 5) is 35.0. The highest BCUT2D eigenvalue weighted by Crippen LogP contribution is 2.11. The molecule has 0 unspecified atom stereocenters. The maximum absolute atomic E-state index is 11.7. The van der Waals surface area contributed by atoms with Crippen molar-refractivity contribution in [3.63, 3.8) is 0 Å². The molecule has 0 atom stereocenters. The van der Waals surface area contributed by atoms with Crippen LogP contribution in [0.3, 0.4) is 0 Å². The summed E-state index contributed by atoms with van der Waals surface area (Å²) in [6, 6.07) is 16.5. The van der Waals surface area contributed by atoms with Gasteiger partial charge in [0.2, 0.25) is 5.91 Å². The minimum absolute atomic E-state index is 0.185. The molecule has 0 aliphatic carbocycles. The molecule has 0 bridgehead atoms. The fourth-order valence-electron chi connectivity index (χ4n) is 2.10. The molecule has 0 spiro atoms. The lowest BCUT2D eigenvalue weighted by molar-refractivity contribution is -0.130. The number of hydrogen-bond acceptors (Lipinski definition) is 4. The fourth-order valence-corrected chi connectivity index (χ4v) is 2.10. The van der Waals surface area contributed by atoms with Crippen LogP contribution >= 0.6 is 0 Å². The number of carbonyl (C=O) groups is 3. The SMILES string of the molecule is Cc1cccc(OCC(=O)NNC(=O)CNC(=O)Cc2ccccc2)c1. The molecule has 0 heterocycles. The Balaban J connectivity index is 1.62. The number of rotatable bonds is 7. The molecule has 136 valence electrons. The first-order chi connectivity index (χ1) is 12.5. The molecule has 7 nitrogen and oxygen atoms in total. The monoisotopic (exact) mass is 355 g/mol. The molecule has 0 aromatic heterocycles. The number of carbonyl (C=O) groups excluding carboxylic acids is 3. The number of ether oxygens (including phenoxy) is 1. The molecule has 3 amide bonds. The van der Waals surface area contributed by atoms with E-state index >= 15 is 0 Å². The molecule has 2 aromatic rings. The molecule has 3 N–H and O–H groups in total. The summed E-state index contributed by atoms with van der Waals surface area (Å²) in [6.07, 6.45) is 0.185. The normalized spacial score (nSPS) is 9.88. The minimum Gasteiger partial charge on any atom is -0.484 e. The average Bonchev–Trinajstić information content (AvgIpc) is 2.64. The van der Waals surface area contributed by atoms with Gasteiger partial charge < -0.3 is 10.1 Å². The summed E-state index contributed by atoms with van der Waals surface area (Å²) in [7, 11) is 0. The number of hydrogen-bond donors (Lipinski definition) is 3. The van der Waals surface area contributed by atoms with Crippen molar-refractivity contribution in [2.75, 3.05) is 13.2 Å². The molecule has 0 radical (unpaired) electrons. The van der Waals surface area contributed by atoms with E-state index in [9.17, 15) is 14.4 Å². The third-order valence-corrected chi connectivity index (χ3v) is 3.35. The summed E-state index contributed by atoms with van der Waals surface area (Å²) >= 11 is 0. The molecule has 0 aliphatic rings. The Morgan fingerprint density at radius 3 is 2.35 bits per heavy atom. The lowest BCUT2D eigenvalue weighted by Crippen LogP contribution is -2.47. The highest BCUT2D eigenvalue weighted by molar-refractivity contribution is 5.87. The van der Waals surface area contributed by atoms with Gasteiger partial charge in [0.15, 0.2) is 6.61 Å². The molecule has 0 saturated carbocycles. The van der Waals surface area contributed by atoms with E-state index in [0.717, 1.165) is 11.1 Å². The fraction of sp³-hybridized carbons (Fsp3) is 0.211. The number of hydrazine groups is 1. The Hall–Kier alpha value is -3.35. The lowest BCUT2D eigenvalue weighted by Gasteiger charge is -2.10. The number of aryl methyl sites for hydroxylation is 1. The van der Waals surface area contributed by atoms with Gasteiger partial charge in [-0.3, -0.25) is 25.2 Å². The summed E-state index contributed by atoms with van der Waals surface area (Å²) in [5.74, 6) is -0.745. The number of nitrogens with one attached hydrogen (secondary N) is 3. The predicted molar refractivity (Wildman–Crippen MR) is 96.1 cm³/mol. The van der Waals surface area contributed by atoms with Gasteiger partial charge in [0.25, 0.3) is 11.8 Å². The highest BCUT2D eigenvalue weighted by atomic mass is 16.5. The van der Waals surface area contributed by atoms with E-state index in [0.29, 0.717) is 5.75 Å². The van der Waals surface area contributed by atoms with Gasteiger partial charge in [-0.2, -0.15) is 0 Å². The van der Waals surface area contributed by atoms with Crippen LogP contribution in [-0.2, 0) is 20.8 Å². The van der Waals surface area contributed by atoms with Crippen molar-refractivity contribution >= 4 is 17.7 Å². The van der Waals surface area contributed by atoms with Crippen molar-refractivity contribution in [3.8, 4) is 5.75 Å². The predicted octanol–water partition coefficient (Wildman–Crippen LogP) is 0.880. The molecule has 0 fully saturated rings. The van der Waals surface area contributed by atoms with Crippen LogP contribution in [0.1, 0.15) is 11.1 Å². The van der Waals surface area contributed by atoms with Gasteiger partial charge in [0.1, 0.15) is 5.75 Å². The standard InChI is InChI=1S/C19H21N3O4/c1-14-6-5-9-16(10-14)26-13-19(25)22-21-18(24)12-20-17(23)11-15-7-3-2-4-8-15/h2-10H,11-13H2,1H3,(H,20,23)(H,21,24)(H,22,25). The molecule has 2 aromatic carbocycles. The van der Waals surface area contributed by atoms with E-state index in [2.05, 4.69) is 16.2 Å². The van der Waals surface area contributed by atoms with Crippen LogP contribution in [0.4, 0.5) is 0 Å².